The van der Waals surface area contributed by atoms with Crippen LogP contribution in [-0.2, 0) is 0 Å². The summed E-state index contributed by atoms with van der Waals surface area (Å²) in [5.41, 5.74) is 3.29. The molecule has 1 radical (unpaired) electrons. The number of hydrogen-bond donors (Lipinski definition) is 0. The van der Waals surface area contributed by atoms with E-state index in [4.69, 9.17) is 0 Å². The lowest BCUT2D eigenvalue weighted by atomic mass is 10.2. The number of aromatic nitrogens is 3. The van der Waals surface area contributed by atoms with Crippen LogP contribution >= 0.6 is 0 Å². The third kappa shape index (κ3) is 2.11. The molecule has 0 saturated heterocycles. The van der Waals surface area contributed by atoms with Crippen molar-refractivity contribution in [1.82, 2.24) is 15.0 Å². The standard InChI is InChI=1S/C15H10N3/c1-3-10-16-12(6-1)14-8-5-9-15(18-14)13-7-2-4-11-17-13/h1-4,6-11H. The number of nitrogens with zero attached hydrogens (tertiary/aromatic N) is 3. The van der Waals surface area contributed by atoms with Gasteiger partial charge in [0.05, 0.1) is 22.8 Å². The van der Waals surface area contributed by atoms with Crippen LogP contribution in [0.5, 0.6) is 0 Å². The molecule has 0 N–H and O–H groups in total. The van der Waals surface area contributed by atoms with Crippen LogP contribution in [0.3, 0.4) is 0 Å². The predicted octanol–water partition coefficient (Wildman–Crippen LogP) is 3.01. The molecular weight excluding hydrogens is 222 g/mol. The van der Waals surface area contributed by atoms with Crippen LogP contribution in [0.2, 0.25) is 0 Å². The molecule has 18 heavy (non-hydrogen) atoms. The van der Waals surface area contributed by atoms with Crippen molar-refractivity contribution in [2.75, 3.05) is 0 Å². The fourth-order valence-corrected chi connectivity index (χ4v) is 1.68. The van der Waals surface area contributed by atoms with Crippen LogP contribution in [0.15, 0.2) is 60.9 Å². The first-order valence-electron chi connectivity index (χ1n) is 5.64. The summed E-state index contributed by atoms with van der Waals surface area (Å²) in [6.07, 6.45) is 3.51. The van der Waals surface area contributed by atoms with Crippen molar-refractivity contribution in [3.63, 3.8) is 0 Å². The Balaban J connectivity index is 2.05. The van der Waals surface area contributed by atoms with Gasteiger partial charge in [-0.2, -0.15) is 0 Å². The average molecular weight is 232 g/mol. The minimum Gasteiger partial charge on any atom is -0.255 e. The van der Waals surface area contributed by atoms with E-state index in [1.165, 1.54) is 0 Å². The van der Waals surface area contributed by atoms with Crippen molar-refractivity contribution in [3.05, 3.63) is 67.0 Å². The van der Waals surface area contributed by atoms with Gasteiger partial charge in [0, 0.05) is 12.4 Å². The highest BCUT2D eigenvalue weighted by Gasteiger charge is 2.04. The molecule has 0 unspecified atom stereocenters. The molecule has 0 spiro atoms. The third-order valence-electron chi connectivity index (χ3n) is 2.54. The van der Waals surface area contributed by atoms with Crippen LogP contribution in [0, 0.1) is 6.07 Å². The Bertz CT molecular complexity index is 581. The number of hydrogen-bond acceptors (Lipinski definition) is 3. The highest BCUT2D eigenvalue weighted by atomic mass is 14.8. The lowest BCUT2D eigenvalue weighted by Gasteiger charge is -2.03. The van der Waals surface area contributed by atoms with Gasteiger partial charge in [0.1, 0.15) is 0 Å². The lowest BCUT2D eigenvalue weighted by Crippen LogP contribution is -1.91. The van der Waals surface area contributed by atoms with Crippen molar-refractivity contribution in [2.24, 2.45) is 0 Å². The maximum atomic E-state index is 4.56. The normalized spacial score (nSPS) is 10.2. The van der Waals surface area contributed by atoms with E-state index in [0.29, 0.717) is 0 Å². The van der Waals surface area contributed by atoms with E-state index < -0.39 is 0 Å². The van der Waals surface area contributed by atoms with Crippen LogP contribution in [0.4, 0.5) is 0 Å². The molecule has 0 amide bonds. The van der Waals surface area contributed by atoms with Crippen molar-refractivity contribution < 1.29 is 0 Å². The summed E-state index contributed by atoms with van der Waals surface area (Å²) in [5.74, 6) is 0. The van der Waals surface area contributed by atoms with Gasteiger partial charge < -0.3 is 0 Å². The van der Waals surface area contributed by atoms with E-state index in [1.54, 1.807) is 12.4 Å². The highest BCUT2D eigenvalue weighted by molar-refractivity contribution is 5.60. The Labute approximate surface area is 105 Å². The smallest absolute Gasteiger partial charge is 0.0900 e. The molecule has 0 aliphatic carbocycles. The monoisotopic (exact) mass is 232 g/mol. The molecule has 3 heteroatoms. The van der Waals surface area contributed by atoms with Crippen LogP contribution in [0.25, 0.3) is 22.8 Å². The van der Waals surface area contributed by atoms with E-state index in [0.717, 1.165) is 22.8 Å². The maximum absolute atomic E-state index is 4.56. The topological polar surface area (TPSA) is 38.7 Å². The van der Waals surface area contributed by atoms with Crippen molar-refractivity contribution in [3.8, 4) is 22.8 Å². The Hall–Kier alpha value is -2.55. The first-order chi connectivity index (χ1) is 8.93. The Morgan fingerprint density at radius 1 is 0.667 bits per heavy atom. The molecule has 0 bridgehead atoms. The summed E-state index contributed by atoms with van der Waals surface area (Å²) in [5, 5.41) is 0. The van der Waals surface area contributed by atoms with Crippen molar-refractivity contribution in [1.29, 1.82) is 0 Å². The van der Waals surface area contributed by atoms with E-state index in [2.05, 4.69) is 21.0 Å². The van der Waals surface area contributed by atoms with Gasteiger partial charge in [-0.05, 0) is 42.5 Å². The summed E-state index contributed by atoms with van der Waals surface area (Å²) in [6, 6.07) is 18.3. The zero-order chi connectivity index (χ0) is 12.2. The second-order valence-corrected chi connectivity index (χ2v) is 3.77. The van der Waals surface area contributed by atoms with Gasteiger partial charge in [0.25, 0.3) is 0 Å². The molecule has 0 aromatic carbocycles. The van der Waals surface area contributed by atoms with Gasteiger partial charge >= 0.3 is 0 Å². The third-order valence-corrected chi connectivity index (χ3v) is 2.54. The van der Waals surface area contributed by atoms with Gasteiger partial charge in [0.2, 0.25) is 0 Å². The highest BCUT2D eigenvalue weighted by Crippen LogP contribution is 2.18. The molecule has 85 valence electrons. The van der Waals surface area contributed by atoms with E-state index in [9.17, 15) is 0 Å². The Morgan fingerprint density at radius 2 is 1.22 bits per heavy atom. The number of rotatable bonds is 2. The zero-order valence-corrected chi connectivity index (χ0v) is 9.62. The summed E-state index contributed by atoms with van der Waals surface area (Å²) < 4.78 is 0. The van der Waals surface area contributed by atoms with Gasteiger partial charge in [-0.15, -0.1) is 0 Å². The molecule has 0 aliphatic heterocycles. The zero-order valence-electron chi connectivity index (χ0n) is 9.62. The first-order valence-corrected chi connectivity index (χ1v) is 5.64. The van der Waals surface area contributed by atoms with Crippen LogP contribution in [0.1, 0.15) is 0 Å². The van der Waals surface area contributed by atoms with E-state index >= 15 is 0 Å². The molecule has 3 rings (SSSR count). The fraction of sp³-hybridized carbons (Fsp3) is 0. The van der Waals surface area contributed by atoms with E-state index in [-0.39, 0.29) is 0 Å². The fourth-order valence-electron chi connectivity index (χ4n) is 1.68. The quantitative estimate of drug-likeness (QED) is 0.681. The van der Waals surface area contributed by atoms with Crippen molar-refractivity contribution in [2.45, 2.75) is 0 Å². The minimum atomic E-state index is 0.804. The van der Waals surface area contributed by atoms with Crippen molar-refractivity contribution >= 4 is 0 Å². The minimum absolute atomic E-state index is 0.804. The largest absolute Gasteiger partial charge is 0.255 e. The Morgan fingerprint density at radius 3 is 1.67 bits per heavy atom. The molecule has 3 heterocycles. The second-order valence-electron chi connectivity index (χ2n) is 3.77. The second kappa shape index (κ2) is 4.75. The average Bonchev–Trinajstić information content (AvgIpc) is 2.49. The molecule has 0 fully saturated rings. The van der Waals surface area contributed by atoms with Gasteiger partial charge in [-0.3, -0.25) is 9.97 Å². The summed E-state index contributed by atoms with van der Waals surface area (Å²) in [4.78, 5) is 13.1. The SMILES string of the molecule is [c]1cc(-c2ccccn2)nc(-c2ccccn2)c1. The molecular formula is C15H10N3. The molecule has 0 saturated carbocycles. The maximum Gasteiger partial charge on any atom is 0.0900 e. The van der Waals surface area contributed by atoms with Crippen LogP contribution < -0.4 is 0 Å². The molecule has 0 aliphatic rings. The summed E-state index contributed by atoms with van der Waals surface area (Å²) in [7, 11) is 0. The van der Waals surface area contributed by atoms with Gasteiger partial charge in [-0.25, -0.2) is 4.98 Å². The summed E-state index contributed by atoms with van der Waals surface area (Å²) in [6.45, 7) is 0. The summed E-state index contributed by atoms with van der Waals surface area (Å²) >= 11 is 0. The molecule has 3 aromatic heterocycles. The molecule has 3 aromatic rings. The Kier molecular flexibility index (Phi) is 2.80. The van der Waals surface area contributed by atoms with Gasteiger partial charge in [0.15, 0.2) is 0 Å². The van der Waals surface area contributed by atoms with Crippen LogP contribution in [-0.4, -0.2) is 15.0 Å². The predicted molar refractivity (Wildman–Crippen MR) is 69.5 cm³/mol. The lowest BCUT2D eigenvalue weighted by molar-refractivity contribution is 1.22. The van der Waals surface area contributed by atoms with E-state index in [1.807, 2.05) is 48.5 Å². The molecule has 0 atom stereocenters. The first kappa shape index (κ1) is 10.6. The number of pyridine rings is 3. The molecule has 3 nitrogen and oxygen atoms in total. The van der Waals surface area contributed by atoms with Gasteiger partial charge in [-0.1, -0.05) is 12.1 Å².